The maximum absolute atomic E-state index is 13.4. The molecule has 206 valence electrons. The van der Waals surface area contributed by atoms with Crippen LogP contribution in [0.2, 0.25) is 5.02 Å². The van der Waals surface area contributed by atoms with Crippen LogP contribution in [0.1, 0.15) is 68.1 Å². The normalized spacial score (nSPS) is 23.2. The summed E-state index contributed by atoms with van der Waals surface area (Å²) in [6.07, 6.45) is 14.2. The van der Waals surface area contributed by atoms with Gasteiger partial charge in [0.15, 0.2) is 0 Å². The van der Waals surface area contributed by atoms with Crippen LogP contribution < -0.4 is 15.4 Å². The number of piperazine rings is 1. The number of methoxy groups -OCH3 is 1. The fraction of sp³-hybridized carbons (Fsp3) is 0.621. The van der Waals surface area contributed by atoms with Crippen LogP contribution in [0.4, 0.5) is 17.5 Å². The number of hydrogen-bond acceptors (Lipinski definition) is 7. The molecule has 5 rings (SSSR count). The molecule has 0 spiro atoms. The molecular weight excluding hydrogens is 500 g/mol. The zero-order valence-corrected chi connectivity index (χ0v) is 23.5. The molecule has 2 unspecified atom stereocenters. The van der Waals surface area contributed by atoms with Crippen molar-refractivity contribution in [1.82, 2.24) is 19.8 Å². The molecule has 3 aliphatic rings. The van der Waals surface area contributed by atoms with E-state index in [2.05, 4.69) is 25.5 Å². The molecular formula is C29H41ClN6O2. The average molecular weight is 541 g/mol. The highest BCUT2D eigenvalue weighted by Gasteiger charge is 2.31. The zero-order chi connectivity index (χ0) is 26.5. The predicted octanol–water partition coefficient (Wildman–Crippen LogP) is 5.82. The molecule has 0 bridgehead atoms. The second kappa shape index (κ2) is 12.5. The fourth-order valence-corrected chi connectivity index (χ4v) is 6.89. The summed E-state index contributed by atoms with van der Waals surface area (Å²) in [7, 11) is 3.35. The lowest BCUT2D eigenvalue weighted by molar-refractivity contribution is 0.0549. The minimum absolute atomic E-state index is 0.0527. The Hall–Kier alpha value is -2.58. The van der Waals surface area contributed by atoms with E-state index in [9.17, 15) is 4.79 Å². The molecule has 2 aliphatic carbocycles. The topological polar surface area (TPSA) is 82.6 Å². The summed E-state index contributed by atoms with van der Waals surface area (Å²) in [5, 5.41) is 6.55. The highest BCUT2D eigenvalue weighted by atomic mass is 35.5. The number of nitrogens with one attached hydrogen (secondary N) is 2. The Morgan fingerprint density at radius 2 is 1.74 bits per heavy atom. The van der Waals surface area contributed by atoms with Crippen molar-refractivity contribution in [2.75, 3.05) is 51.0 Å². The van der Waals surface area contributed by atoms with E-state index < -0.39 is 0 Å². The molecule has 1 aromatic heterocycles. The van der Waals surface area contributed by atoms with Crippen LogP contribution in [0, 0.1) is 11.8 Å². The highest BCUT2D eigenvalue weighted by Crippen LogP contribution is 2.39. The van der Waals surface area contributed by atoms with Gasteiger partial charge in [-0.05, 0) is 49.3 Å². The molecule has 3 fully saturated rings. The first-order valence-electron chi connectivity index (χ1n) is 14.2. The largest absolute Gasteiger partial charge is 0.495 e. The van der Waals surface area contributed by atoms with Crippen molar-refractivity contribution in [3.8, 4) is 5.75 Å². The molecule has 2 heterocycles. The number of carbonyl (C=O) groups is 1. The molecule has 0 radical (unpaired) electrons. The molecule has 1 amide bonds. The van der Waals surface area contributed by atoms with E-state index >= 15 is 0 Å². The van der Waals surface area contributed by atoms with Gasteiger partial charge in [0.2, 0.25) is 5.95 Å². The number of halogens is 1. The van der Waals surface area contributed by atoms with E-state index in [-0.39, 0.29) is 5.91 Å². The molecule has 8 nitrogen and oxygen atoms in total. The second-order valence-electron chi connectivity index (χ2n) is 11.0. The monoisotopic (exact) mass is 540 g/mol. The van der Waals surface area contributed by atoms with Gasteiger partial charge in [-0.1, -0.05) is 50.1 Å². The van der Waals surface area contributed by atoms with Crippen molar-refractivity contribution in [3.05, 3.63) is 35.0 Å². The third-order valence-corrected chi connectivity index (χ3v) is 9.12. The molecule has 2 atom stereocenters. The minimum atomic E-state index is 0.0527. The summed E-state index contributed by atoms with van der Waals surface area (Å²) in [5.74, 6) is 3.49. The number of aromatic nitrogens is 2. The number of carbonyl (C=O) groups excluding carboxylic acids is 1. The second-order valence-corrected chi connectivity index (χ2v) is 11.4. The summed E-state index contributed by atoms with van der Waals surface area (Å²) in [6, 6.07) is 6.15. The number of ether oxygens (including phenoxy) is 1. The number of hydrogen-bond donors (Lipinski definition) is 2. The lowest BCUT2D eigenvalue weighted by Gasteiger charge is -2.39. The van der Waals surface area contributed by atoms with Crippen molar-refractivity contribution < 1.29 is 9.53 Å². The first-order valence-corrected chi connectivity index (χ1v) is 14.6. The van der Waals surface area contributed by atoms with Gasteiger partial charge in [-0.25, -0.2) is 4.98 Å². The maximum Gasteiger partial charge on any atom is 0.254 e. The van der Waals surface area contributed by atoms with Crippen LogP contribution >= 0.6 is 11.6 Å². The molecule has 38 heavy (non-hydrogen) atoms. The predicted molar refractivity (Wildman–Crippen MR) is 153 cm³/mol. The Morgan fingerprint density at radius 1 is 1.00 bits per heavy atom. The Bertz CT molecular complexity index is 1100. The van der Waals surface area contributed by atoms with E-state index in [4.69, 9.17) is 16.3 Å². The standard InChI is InChI=1S/C29H41ClN6O2/c1-31-27-24(30)19-32-29(34-27)33-25-13-11-22(18-26(25)38-2)28(37)36-16-14-35(15-17-36)23-9-5-8-21(10-12-23)20-6-3-4-7-20/h11,13,18-21,23H,3-10,12,14-17H2,1-2H3,(H2,31,32,33,34). The first kappa shape index (κ1) is 27.0. The van der Waals surface area contributed by atoms with Crippen LogP contribution in [-0.4, -0.2) is 72.1 Å². The SMILES string of the molecule is CNc1nc(Nc2ccc(C(=O)N3CCN(C4CCCC(C5CCCC5)CC4)CC3)cc2OC)ncc1Cl. The number of benzene rings is 1. The molecule has 1 saturated heterocycles. The van der Waals surface area contributed by atoms with Gasteiger partial charge in [0, 0.05) is 44.8 Å². The lowest BCUT2D eigenvalue weighted by atomic mass is 9.85. The zero-order valence-electron chi connectivity index (χ0n) is 22.7. The van der Waals surface area contributed by atoms with Gasteiger partial charge >= 0.3 is 0 Å². The Balaban J connectivity index is 1.16. The Labute approximate surface area is 231 Å². The van der Waals surface area contributed by atoms with E-state index in [1.807, 2.05) is 17.0 Å². The van der Waals surface area contributed by atoms with Crippen molar-refractivity contribution in [2.45, 2.75) is 63.8 Å². The van der Waals surface area contributed by atoms with E-state index in [1.165, 1.54) is 64.0 Å². The molecule has 2 N–H and O–H groups in total. The number of rotatable bonds is 7. The third-order valence-electron chi connectivity index (χ3n) is 8.84. The van der Waals surface area contributed by atoms with Crippen LogP contribution in [-0.2, 0) is 0 Å². The Morgan fingerprint density at radius 3 is 2.47 bits per heavy atom. The van der Waals surface area contributed by atoms with Crippen molar-refractivity contribution in [3.63, 3.8) is 0 Å². The third kappa shape index (κ3) is 6.18. The van der Waals surface area contributed by atoms with Gasteiger partial charge in [0.25, 0.3) is 5.91 Å². The quantitative estimate of drug-likeness (QED) is 0.428. The van der Waals surface area contributed by atoms with Gasteiger partial charge in [-0.2, -0.15) is 4.98 Å². The van der Waals surface area contributed by atoms with Gasteiger partial charge in [-0.15, -0.1) is 0 Å². The minimum Gasteiger partial charge on any atom is -0.495 e. The van der Waals surface area contributed by atoms with Crippen molar-refractivity contribution >= 4 is 35.0 Å². The van der Waals surface area contributed by atoms with Crippen LogP contribution in [0.5, 0.6) is 5.75 Å². The number of amides is 1. The molecule has 2 saturated carbocycles. The van der Waals surface area contributed by atoms with Gasteiger partial charge < -0.3 is 20.3 Å². The van der Waals surface area contributed by atoms with Crippen molar-refractivity contribution in [1.29, 1.82) is 0 Å². The van der Waals surface area contributed by atoms with Gasteiger partial charge in [-0.3, -0.25) is 9.69 Å². The molecule has 1 aliphatic heterocycles. The van der Waals surface area contributed by atoms with E-state index in [0.29, 0.717) is 39.8 Å². The smallest absolute Gasteiger partial charge is 0.254 e. The van der Waals surface area contributed by atoms with Gasteiger partial charge in [0.05, 0.1) is 19.0 Å². The van der Waals surface area contributed by atoms with E-state index in [0.717, 1.165) is 38.0 Å². The average Bonchev–Trinajstić information content (AvgIpc) is 3.38. The summed E-state index contributed by atoms with van der Waals surface area (Å²) in [6.45, 7) is 3.47. The summed E-state index contributed by atoms with van der Waals surface area (Å²) >= 11 is 6.09. The number of nitrogens with zero attached hydrogens (tertiary/aromatic N) is 4. The first-order chi connectivity index (χ1) is 18.6. The van der Waals surface area contributed by atoms with Crippen LogP contribution in [0.3, 0.4) is 0 Å². The molecule has 9 heteroatoms. The molecule has 2 aromatic rings. The summed E-state index contributed by atoms with van der Waals surface area (Å²) < 4.78 is 5.59. The highest BCUT2D eigenvalue weighted by molar-refractivity contribution is 6.32. The maximum atomic E-state index is 13.4. The van der Waals surface area contributed by atoms with Crippen LogP contribution in [0.25, 0.3) is 0 Å². The van der Waals surface area contributed by atoms with Crippen molar-refractivity contribution in [2.24, 2.45) is 11.8 Å². The summed E-state index contributed by atoms with van der Waals surface area (Å²) in [5.41, 5.74) is 1.31. The van der Waals surface area contributed by atoms with E-state index in [1.54, 1.807) is 20.2 Å². The summed E-state index contributed by atoms with van der Waals surface area (Å²) in [4.78, 5) is 26.6. The lowest BCUT2D eigenvalue weighted by Crippen LogP contribution is -2.51. The fourth-order valence-electron chi connectivity index (χ4n) is 6.70. The Kier molecular flexibility index (Phi) is 8.89. The van der Waals surface area contributed by atoms with Crippen LogP contribution in [0.15, 0.2) is 24.4 Å². The molecule has 1 aromatic carbocycles. The van der Waals surface area contributed by atoms with Gasteiger partial charge in [0.1, 0.15) is 16.6 Å². The number of anilines is 3.